The van der Waals surface area contributed by atoms with E-state index in [9.17, 15) is 0 Å². The molecule has 3 rings (SSSR count). The number of aromatic nitrogens is 2. The van der Waals surface area contributed by atoms with Gasteiger partial charge in [-0.1, -0.05) is 5.16 Å². The van der Waals surface area contributed by atoms with Crippen molar-refractivity contribution < 1.29 is 9.26 Å². The zero-order valence-electron chi connectivity index (χ0n) is 9.92. The zero-order valence-corrected chi connectivity index (χ0v) is 10.7. The molecule has 0 saturated carbocycles. The molecule has 0 aliphatic carbocycles. The van der Waals surface area contributed by atoms with Gasteiger partial charge in [0, 0.05) is 12.0 Å². The fourth-order valence-electron chi connectivity index (χ4n) is 1.86. The number of benzene rings is 1. The Morgan fingerprint density at radius 1 is 1.39 bits per heavy atom. The van der Waals surface area contributed by atoms with E-state index in [1.54, 1.807) is 0 Å². The third-order valence-corrected chi connectivity index (χ3v) is 2.78. The van der Waals surface area contributed by atoms with E-state index in [0.29, 0.717) is 11.7 Å². The number of ether oxygens (including phenoxy) is 1. The standard InChI is InChI=1S/C12H13N3O2.ClH/c1-7(13)12-14-11(15-17-12)9-2-3-10-8(6-9)4-5-16-10;/h2-3,6-7H,4-5,13H2,1H3;1H. The molecule has 18 heavy (non-hydrogen) atoms. The second kappa shape index (κ2) is 4.96. The van der Waals surface area contributed by atoms with Gasteiger partial charge in [-0.2, -0.15) is 4.98 Å². The van der Waals surface area contributed by atoms with E-state index in [1.807, 2.05) is 25.1 Å². The van der Waals surface area contributed by atoms with E-state index < -0.39 is 0 Å². The Balaban J connectivity index is 0.00000120. The van der Waals surface area contributed by atoms with Gasteiger partial charge >= 0.3 is 0 Å². The highest BCUT2D eigenvalue weighted by molar-refractivity contribution is 5.85. The molecule has 2 heterocycles. The van der Waals surface area contributed by atoms with Crippen molar-refractivity contribution in [1.82, 2.24) is 10.1 Å². The van der Waals surface area contributed by atoms with Crippen LogP contribution in [-0.4, -0.2) is 16.7 Å². The van der Waals surface area contributed by atoms with Gasteiger partial charge < -0.3 is 15.0 Å². The molecule has 5 nitrogen and oxygen atoms in total. The average molecular weight is 268 g/mol. The topological polar surface area (TPSA) is 74.2 Å². The molecule has 0 spiro atoms. The second-order valence-corrected chi connectivity index (χ2v) is 4.17. The van der Waals surface area contributed by atoms with Crippen LogP contribution in [0.2, 0.25) is 0 Å². The lowest BCUT2D eigenvalue weighted by Gasteiger charge is -1.99. The smallest absolute Gasteiger partial charge is 0.243 e. The summed E-state index contributed by atoms with van der Waals surface area (Å²) >= 11 is 0. The Kier molecular flexibility index (Phi) is 3.54. The molecule has 6 heteroatoms. The predicted octanol–water partition coefficient (Wildman–Crippen LogP) is 2.11. The minimum absolute atomic E-state index is 0. The summed E-state index contributed by atoms with van der Waals surface area (Å²) in [7, 11) is 0. The highest BCUT2D eigenvalue weighted by atomic mass is 35.5. The number of rotatable bonds is 2. The van der Waals surface area contributed by atoms with Crippen LogP contribution in [0, 0.1) is 0 Å². The fourth-order valence-corrected chi connectivity index (χ4v) is 1.86. The van der Waals surface area contributed by atoms with E-state index in [1.165, 1.54) is 5.56 Å². The summed E-state index contributed by atoms with van der Waals surface area (Å²) in [5.74, 6) is 1.98. The van der Waals surface area contributed by atoms with Gasteiger partial charge in [0.25, 0.3) is 0 Å². The minimum atomic E-state index is -0.242. The number of hydrogen-bond acceptors (Lipinski definition) is 5. The average Bonchev–Trinajstić information content (AvgIpc) is 2.97. The Hall–Kier alpha value is -1.59. The van der Waals surface area contributed by atoms with Crippen molar-refractivity contribution in [3.63, 3.8) is 0 Å². The molecule has 1 aromatic carbocycles. The lowest BCUT2D eigenvalue weighted by molar-refractivity contribution is 0.357. The molecule has 0 radical (unpaired) electrons. The number of halogens is 1. The van der Waals surface area contributed by atoms with Gasteiger partial charge in [0.2, 0.25) is 11.7 Å². The van der Waals surface area contributed by atoms with E-state index >= 15 is 0 Å². The largest absolute Gasteiger partial charge is 0.493 e. The SMILES string of the molecule is CC(N)c1nc(-c2ccc3c(c2)CCO3)no1.Cl. The monoisotopic (exact) mass is 267 g/mol. The van der Waals surface area contributed by atoms with Crippen LogP contribution in [0.4, 0.5) is 0 Å². The van der Waals surface area contributed by atoms with Crippen LogP contribution in [0.1, 0.15) is 24.4 Å². The molecule has 0 fully saturated rings. The number of nitrogens with two attached hydrogens (primary N) is 1. The number of nitrogens with zero attached hydrogens (tertiary/aromatic N) is 2. The third-order valence-electron chi connectivity index (χ3n) is 2.78. The minimum Gasteiger partial charge on any atom is -0.493 e. The van der Waals surface area contributed by atoms with Crippen molar-refractivity contribution in [2.75, 3.05) is 6.61 Å². The van der Waals surface area contributed by atoms with Crippen LogP contribution in [0.3, 0.4) is 0 Å². The van der Waals surface area contributed by atoms with Crippen molar-refractivity contribution in [1.29, 1.82) is 0 Å². The van der Waals surface area contributed by atoms with Crippen LogP contribution >= 0.6 is 12.4 Å². The lowest BCUT2D eigenvalue weighted by atomic mass is 10.1. The molecule has 0 bridgehead atoms. The summed E-state index contributed by atoms with van der Waals surface area (Å²) in [5.41, 5.74) is 7.80. The van der Waals surface area contributed by atoms with E-state index in [2.05, 4.69) is 10.1 Å². The molecule has 1 aliphatic heterocycles. The van der Waals surface area contributed by atoms with Gasteiger partial charge in [0.05, 0.1) is 12.6 Å². The predicted molar refractivity (Wildman–Crippen MR) is 68.8 cm³/mol. The summed E-state index contributed by atoms with van der Waals surface area (Å²) in [6.45, 7) is 2.56. The lowest BCUT2D eigenvalue weighted by Crippen LogP contribution is -2.04. The fraction of sp³-hybridized carbons (Fsp3) is 0.333. The van der Waals surface area contributed by atoms with Crippen LogP contribution in [0.25, 0.3) is 11.4 Å². The first-order chi connectivity index (χ1) is 8.24. The summed E-state index contributed by atoms with van der Waals surface area (Å²) in [5, 5.41) is 3.93. The van der Waals surface area contributed by atoms with Gasteiger partial charge in [-0.05, 0) is 30.7 Å². The Labute approximate surface area is 111 Å². The molecule has 0 amide bonds. The Morgan fingerprint density at radius 2 is 2.22 bits per heavy atom. The highest BCUT2D eigenvalue weighted by Gasteiger charge is 2.16. The quantitative estimate of drug-likeness (QED) is 0.902. The van der Waals surface area contributed by atoms with E-state index in [0.717, 1.165) is 24.3 Å². The Bertz CT molecular complexity index is 554. The van der Waals surface area contributed by atoms with Crippen LogP contribution < -0.4 is 10.5 Å². The van der Waals surface area contributed by atoms with Gasteiger partial charge in [-0.15, -0.1) is 12.4 Å². The van der Waals surface area contributed by atoms with Crippen molar-refractivity contribution >= 4 is 12.4 Å². The number of fused-ring (bicyclic) bond motifs is 1. The Morgan fingerprint density at radius 3 is 2.94 bits per heavy atom. The maximum absolute atomic E-state index is 5.68. The molecule has 1 aromatic heterocycles. The maximum atomic E-state index is 5.68. The first kappa shape index (κ1) is 12.9. The van der Waals surface area contributed by atoms with Gasteiger partial charge in [-0.3, -0.25) is 0 Å². The molecule has 0 saturated heterocycles. The van der Waals surface area contributed by atoms with Gasteiger partial charge in [-0.25, -0.2) is 0 Å². The maximum Gasteiger partial charge on any atom is 0.243 e. The van der Waals surface area contributed by atoms with Gasteiger partial charge in [0.1, 0.15) is 5.75 Å². The first-order valence-electron chi connectivity index (χ1n) is 5.59. The van der Waals surface area contributed by atoms with E-state index in [4.69, 9.17) is 15.0 Å². The van der Waals surface area contributed by atoms with Crippen molar-refractivity contribution in [3.05, 3.63) is 29.7 Å². The zero-order chi connectivity index (χ0) is 11.8. The molecule has 96 valence electrons. The van der Waals surface area contributed by atoms with Crippen LogP contribution in [-0.2, 0) is 6.42 Å². The number of hydrogen-bond donors (Lipinski definition) is 1. The molecule has 1 unspecified atom stereocenters. The summed E-state index contributed by atoms with van der Waals surface area (Å²) < 4.78 is 10.5. The van der Waals surface area contributed by atoms with Crippen molar-refractivity contribution in [2.24, 2.45) is 5.73 Å². The summed E-state index contributed by atoms with van der Waals surface area (Å²) in [6.07, 6.45) is 0.932. The second-order valence-electron chi connectivity index (χ2n) is 4.17. The molecule has 2 aromatic rings. The van der Waals surface area contributed by atoms with Crippen LogP contribution in [0.5, 0.6) is 5.75 Å². The molecular weight excluding hydrogens is 254 g/mol. The van der Waals surface area contributed by atoms with Gasteiger partial charge in [0.15, 0.2) is 0 Å². The highest BCUT2D eigenvalue weighted by Crippen LogP contribution is 2.29. The van der Waals surface area contributed by atoms with E-state index in [-0.39, 0.29) is 18.4 Å². The first-order valence-corrected chi connectivity index (χ1v) is 5.59. The molecule has 2 N–H and O–H groups in total. The normalized spacial score (nSPS) is 14.6. The molecule has 1 atom stereocenters. The van der Waals surface area contributed by atoms with Crippen molar-refractivity contribution in [2.45, 2.75) is 19.4 Å². The van der Waals surface area contributed by atoms with Crippen molar-refractivity contribution in [3.8, 4) is 17.1 Å². The summed E-state index contributed by atoms with van der Waals surface area (Å²) in [6, 6.07) is 5.67. The molecular formula is C12H14ClN3O2. The third kappa shape index (κ3) is 2.19. The van der Waals surface area contributed by atoms with Crippen LogP contribution in [0.15, 0.2) is 22.7 Å². The summed E-state index contributed by atoms with van der Waals surface area (Å²) in [4.78, 5) is 4.26. The molecule has 1 aliphatic rings.